The number of imidazole rings is 1. The Bertz CT molecular complexity index is 619. The molecule has 4 nitrogen and oxygen atoms in total. The van der Waals surface area contributed by atoms with Crippen molar-refractivity contribution in [1.82, 2.24) is 14.7 Å². The number of hydrogen-bond acceptors (Lipinski definition) is 4. The van der Waals surface area contributed by atoms with Gasteiger partial charge >= 0.3 is 0 Å². The lowest BCUT2D eigenvalue weighted by molar-refractivity contribution is 0.308. The molecule has 1 N–H and O–H groups in total. The molecule has 0 aliphatic carbocycles. The number of ether oxygens (including phenoxy) is 1. The summed E-state index contributed by atoms with van der Waals surface area (Å²) >= 11 is 1.66. The highest BCUT2D eigenvalue weighted by Crippen LogP contribution is 2.11. The lowest BCUT2D eigenvalue weighted by atomic mass is 10.3. The van der Waals surface area contributed by atoms with Gasteiger partial charge in [-0.15, -0.1) is 11.3 Å². The molecule has 20 heavy (non-hydrogen) atoms. The first-order chi connectivity index (χ1) is 9.92. The number of para-hydroxylation sites is 1. The zero-order chi connectivity index (χ0) is 13.6. The summed E-state index contributed by atoms with van der Waals surface area (Å²) in [5.41, 5.74) is 1.08. The molecule has 0 unspecified atom stereocenters. The minimum absolute atomic E-state index is 0.731. The van der Waals surface area contributed by atoms with Crippen molar-refractivity contribution in [3.63, 3.8) is 0 Å². The van der Waals surface area contributed by atoms with Crippen LogP contribution in [0.5, 0.6) is 5.75 Å². The highest BCUT2D eigenvalue weighted by molar-refractivity contribution is 7.15. The Morgan fingerprint density at radius 2 is 2.15 bits per heavy atom. The van der Waals surface area contributed by atoms with Gasteiger partial charge in [0.1, 0.15) is 5.75 Å². The number of rotatable bonds is 7. The van der Waals surface area contributed by atoms with Gasteiger partial charge in [-0.2, -0.15) is 0 Å². The Morgan fingerprint density at radius 1 is 1.25 bits per heavy atom. The average molecular weight is 287 g/mol. The molecule has 3 rings (SSSR count). The molecule has 0 saturated heterocycles. The average Bonchev–Trinajstić information content (AvgIpc) is 3.05. The van der Waals surface area contributed by atoms with Gasteiger partial charge in [0, 0.05) is 24.3 Å². The number of aromatic nitrogens is 2. The number of nitrogens with zero attached hydrogens (tertiary/aromatic N) is 2. The minimum Gasteiger partial charge on any atom is -0.494 e. The third-order valence-electron chi connectivity index (χ3n) is 2.96. The molecule has 5 heteroatoms. The standard InChI is InChI=1S/C15H17N3OS/c1-2-5-14(6-3-1)19-9-4-7-16-11-13-12-18-8-10-20-15(18)17-13/h1-3,5-6,8,10,12,16H,4,7,9,11H2. The van der Waals surface area contributed by atoms with Crippen LogP contribution in [0.4, 0.5) is 0 Å². The van der Waals surface area contributed by atoms with Crippen molar-refractivity contribution in [3.8, 4) is 5.75 Å². The normalized spacial score (nSPS) is 11.0. The smallest absolute Gasteiger partial charge is 0.193 e. The molecule has 0 atom stereocenters. The molecule has 1 aromatic carbocycles. The van der Waals surface area contributed by atoms with Crippen LogP contribution in [0.1, 0.15) is 12.1 Å². The van der Waals surface area contributed by atoms with E-state index in [4.69, 9.17) is 4.74 Å². The zero-order valence-corrected chi connectivity index (χ0v) is 12.0. The molecular weight excluding hydrogens is 270 g/mol. The summed E-state index contributed by atoms with van der Waals surface area (Å²) in [6.45, 7) is 2.47. The van der Waals surface area contributed by atoms with Crippen molar-refractivity contribution in [3.05, 3.63) is 53.8 Å². The Morgan fingerprint density at radius 3 is 3.00 bits per heavy atom. The Balaban J connectivity index is 1.33. The largest absolute Gasteiger partial charge is 0.494 e. The van der Waals surface area contributed by atoms with Crippen LogP contribution < -0.4 is 10.1 Å². The van der Waals surface area contributed by atoms with Crippen LogP contribution in [0.3, 0.4) is 0 Å². The van der Waals surface area contributed by atoms with E-state index in [-0.39, 0.29) is 0 Å². The van der Waals surface area contributed by atoms with Gasteiger partial charge in [0.15, 0.2) is 4.96 Å². The molecular formula is C15H17N3OS. The fourth-order valence-electron chi connectivity index (χ4n) is 1.98. The van der Waals surface area contributed by atoms with Crippen LogP contribution in [0, 0.1) is 0 Å². The molecule has 0 amide bonds. The van der Waals surface area contributed by atoms with Crippen molar-refractivity contribution in [2.75, 3.05) is 13.2 Å². The Hall–Kier alpha value is -1.85. The predicted molar refractivity (Wildman–Crippen MR) is 81.3 cm³/mol. The molecule has 2 heterocycles. The monoisotopic (exact) mass is 287 g/mol. The van der Waals surface area contributed by atoms with Crippen LogP contribution in [0.25, 0.3) is 4.96 Å². The van der Waals surface area contributed by atoms with Gasteiger partial charge in [0.05, 0.1) is 12.3 Å². The topological polar surface area (TPSA) is 38.6 Å². The fourth-order valence-corrected chi connectivity index (χ4v) is 2.70. The van der Waals surface area contributed by atoms with Crippen LogP contribution in [-0.4, -0.2) is 22.5 Å². The number of nitrogens with one attached hydrogen (secondary N) is 1. The molecule has 0 spiro atoms. The van der Waals surface area contributed by atoms with E-state index in [0.29, 0.717) is 0 Å². The molecule has 0 fully saturated rings. The van der Waals surface area contributed by atoms with Gasteiger partial charge in [-0.25, -0.2) is 4.98 Å². The van der Waals surface area contributed by atoms with E-state index in [0.717, 1.165) is 42.5 Å². The molecule has 0 radical (unpaired) electrons. The van der Waals surface area contributed by atoms with Crippen LogP contribution in [0.15, 0.2) is 48.1 Å². The number of benzene rings is 1. The summed E-state index contributed by atoms with van der Waals surface area (Å²) in [5.74, 6) is 0.932. The SMILES string of the molecule is c1ccc(OCCCNCc2cn3ccsc3n2)cc1. The van der Waals surface area contributed by atoms with Crippen LogP contribution in [-0.2, 0) is 6.54 Å². The van der Waals surface area contributed by atoms with Crippen LogP contribution in [0.2, 0.25) is 0 Å². The maximum absolute atomic E-state index is 5.64. The third-order valence-corrected chi connectivity index (χ3v) is 3.73. The minimum atomic E-state index is 0.731. The first kappa shape index (κ1) is 13.1. The summed E-state index contributed by atoms with van der Waals surface area (Å²) in [6.07, 6.45) is 5.08. The van der Waals surface area contributed by atoms with E-state index in [2.05, 4.69) is 20.9 Å². The van der Waals surface area contributed by atoms with Gasteiger partial charge in [-0.05, 0) is 25.1 Å². The number of fused-ring (bicyclic) bond motifs is 1. The molecule has 0 aliphatic rings. The number of thiazole rings is 1. The van der Waals surface area contributed by atoms with E-state index in [1.165, 1.54) is 0 Å². The summed E-state index contributed by atoms with van der Waals surface area (Å²) < 4.78 is 7.69. The van der Waals surface area contributed by atoms with E-state index < -0.39 is 0 Å². The van der Waals surface area contributed by atoms with Crippen molar-refractivity contribution in [2.45, 2.75) is 13.0 Å². The maximum Gasteiger partial charge on any atom is 0.193 e. The van der Waals surface area contributed by atoms with Gasteiger partial charge in [-0.3, -0.25) is 4.40 Å². The van der Waals surface area contributed by atoms with E-state index in [1.54, 1.807) is 11.3 Å². The molecule has 0 aliphatic heterocycles. The highest BCUT2D eigenvalue weighted by atomic mass is 32.1. The van der Waals surface area contributed by atoms with Crippen molar-refractivity contribution in [2.24, 2.45) is 0 Å². The Labute approximate surface area is 122 Å². The zero-order valence-electron chi connectivity index (χ0n) is 11.2. The third kappa shape index (κ3) is 3.37. The summed E-state index contributed by atoms with van der Waals surface area (Å²) in [4.78, 5) is 5.58. The first-order valence-electron chi connectivity index (χ1n) is 6.71. The Kier molecular flexibility index (Phi) is 4.30. The maximum atomic E-state index is 5.64. The molecule has 0 saturated carbocycles. The first-order valence-corrected chi connectivity index (χ1v) is 7.59. The molecule has 3 aromatic rings. The summed E-state index contributed by atoms with van der Waals surface area (Å²) in [6, 6.07) is 9.91. The highest BCUT2D eigenvalue weighted by Gasteiger charge is 2.01. The molecule has 104 valence electrons. The second-order valence-corrected chi connectivity index (χ2v) is 5.39. The summed E-state index contributed by atoms with van der Waals surface area (Å²) in [7, 11) is 0. The van der Waals surface area contributed by atoms with Crippen molar-refractivity contribution >= 4 is 16.3 Å². The lowest BCUT2D eigenvalue weighted by Crippen LogP contribution is -2.17. The van der Waals surface area contributed by atoms with Gasteiger partial charge in [0.25, 0.3) is 0 Å². The number of hydrogen-bond donors (Lipinski definition) is 1. The lowest BCUT2D eigenvalue weighted by Gasteiger charge is -2.06. The van der Waals surface area contributed by atoms with Gasteiger partial charge < -0.3 is 10.1 Å². The van der Waals surface area contributed by atoms with Crippen molar-refractivity contribution < 1.29 is 4.74 Å². The second kappa shape index (κ2) is 6.54. The van der Waals surface area contributed by atoms with E-state index in [9.17, 15) is 0 Å². The quantitative estimate of drug-likeness (QED) is 0.679. The van der Waals surface area contributed by atoms with Crippen LogP contribution >= 0.6 is 11.3 Å². The van der Waals surface area contributed by atoms with E-state index in [1.807, 2.05) is 41.9 Å². The molecule has 0 bridgehead atoms. The summed E-state index contributed by atoms with van der Waals surface area (Å²) in [5, 5.41) is 5.43. The second-order valence-electron chi connectivity index (χ2n) is 4.52. The van der Waals surface area contributed by atoms with Gasteiger partial charge in [-0.1, -0.05) is 18.2 Å². The fraction of sp³-hybridized carbons (Fsp3) is 0.267. The van der Waals surface area contributed by atoms with Gasteiger partial charge in [0.2, 0.25) is 0 Å². The predicted octanol–water partition coefficient (Wildman–Crippen LogP) is 2.95. The molecule has 2 aromatic heterocycles. The van der Waals surface area contributed by atoms with Crippen molar-refractivity contribution in [1.29, 1.82) is 0 Å². The van der Waals surface area contributed by atoms with E-state index >= 15 is 0 Å².